The van der Waals surface area contributed by atoms with Crippen LogP contribution >= 0.6 is 0 Å². The zero-order valence-electron chi connectivity index (χ0n) is 15.3. The molecule has 1 amide bonds. The summed E-state index contributed by atoms with van der Waals surface area (Å²) < 4.78 is 17.0. The average molecular weight is 373 g/mol. The number of amides is 1. The zero-order chi connectivity index (χ0) is 19.3. The van der Waals surface area contributed by atoms with E-state index in [2.05, 4.69) is 19.2 Å². The van der Waals surface area contributed by atoms with Crippen LogP contribution in [0, 0.1) is 0 Å². The van der Waals surface area contributed by atoms with Crippen LogP contribution in [-0.4, -0.2) is 28.4 Å². The molecule has 1 N–H and O–H groups in total. The Morgan fingerprint density at radius 2 is 1.62 bits per heavy atom. The van der Waals surface area contributed by atoms with Gasteiger partial charge in [-0.2, -0.15) is 0 Å². The summed E-state index contributed by atoms with van der Waals surface area (Å²) in [6.45, 7) is 5.69. The van der Waals surface area contributed by atoms with Crippen molar-refractivity contribution in [1.82, 2.24) is 0 Å². The number of hydrogen-bond acceptors (Lipinski definition) is 4. The van der Waals surface area contributed by atoms with Gasteiger partial charge < -0.3 is 10.1 Å². The van der Waals surface area contributed by atoms with Crippen molar-refractivity contribution in [2.24, 2.45) is 0 Å². The monoisotopic (exact) mass is 373 g/mol. The number of ether oxygens (including phenoxy) is 1. The van der Waals surface area contributed by atoms with Crippen LogP contribution in [0.2, 0.25) is 0 Å². The second-order valence-corrected chi connectivity index (χ2v) is 7.61. The minimum absolute atomic E-state index is 0.203. The molecule has 26 heavy (non-hydrogen) atoms. The fraction of sp³-hybridized carbons (Fsp3) is 0.300. The van der Waals surface area contributed by atoms with Crippen molar-refractivity contribution in [1.29, 1.82) is 0 Å². The van der Waals surface area contributed by atoms with Crippen LogP contribution in [0.3, 0.4) is 0 Å². The van der Waals surface area contributed by atoms with Crippen LogP contribution in [0.1, 0.15) is 42.6 Å². The lowest BCUT2D eigenvalue weighted by atomic mass is 10.0. The molecule has 0 radical (unpaired) electrons. The first kappa shape index (κ1) is 19.8. The first-order valence-corrected chi connectivity index (χ1v) is 9.89. The van der Waals surface area contributed by atoms with Gasteiger partial charge in [-0.05, 0) is 42.7 Å². The third-order valence-corrected chi connectivity index (χ3v) is 4.89. The van der Waals surface area contributed by atoms with Crippen LogP contribution in [0.25, 0.3) is 0 Å². The summed E-state index contributed by atoms with van der Waals surface area (Å²) in [5.74, 6) is -0.692. The Bertz CT molecular complexity index is 815. The van der Waals surface area contributed by atoms with Crippen LogP contribution in [-0.2, 0) is 20.3 Å². The molecule has 138 valence electrons. The fourth-order valence-electron chi connectivity index (χ4n) is 2.36. The first-order chi connectivity index (χ1) is 12.3. The SMILES string of the molecule is CC(C)c1ccc(NC(=O)[C@@H](C)OC(=O)c2ccccc2[S@](C)=O)cc1. The molecule has 0 fully saturated rings. The Labute approximate surface area is 156 Å². The van der Waals surface area contributed by atoms with Crippen molar-refractivity contribution in [3.8, 4) is 0 Å². The van der Waals surface area contributed by atoms with Gasteiger partial charge in [0.1, 0.15) is 0 Å². The van der Waals surface area contributed by atoms with Crippen LogP contribution in [0.4, 0.5) is 5.69 Å². The molecule has 0 bridgehead atoms. The van der Waals surface area contributed by atoms with E-state index in [1.807, 2.05) is 24.3 Å². The van der Waals surface area contributed by atoms with E-state index < -0.39 is 28.8 Å². The minimum Gasteiger partial charge on any atom is -0.449 e. The zero-order valence-corrected chi connectivity index (χ0v) is 16.1. The summed E-state index contributed by atoms with van der Waals surface area (Å²) in [7, 11) is -1.33. The molecule has 2 aromatic carbocycles. The molecule has 2 aromatic rings. The quantitative estimate of drug-likeness (QED) is 0.783. The number of hydrogen-bond donors (Lipinski definition) is 1. The van der Waals surface area contributed by atoms with E-state index in [9.17, 15) is 13.8 Å². The molecule has 0 heterocycles. The predicted octanol–water partition coefficient (Wildman–Crippen LogP) is 3.73. The van der Waals surface area contributed by atoms with Crippen LogP contribution < -0.4 is 5.32 Å². The van der Waals surface area contributed by atoms with E-state index in [4.69, 9.17) is 4.74 Å². The summed E-state index contributed by atoms with van der Waals surface area (Å²) in [5.41, 5.74) is 2.01. The van der Waals surface area contributed by atoms with Gasteiger partial charge in [-0.15, -0.1) is 0 Å². The van der Waals surface area contributed by atoms with Gasteiger partial charge in [0.15, 0.2) is 6.10 Å². The number of nitrogens with one attached hydrogen (secondary N) is 1. The Morgan fingerprint density at radius 3 is 2.19 bits per heavy atom. The lowest BCUT2D eigenvalue weighted by Gasteiger charge is -2.15. The van der Waals surface area contributed by atoms with Gasteiger partial charge in [-0.3, -0.25) is 9.00 Å². The summed E-state index contributed by atoms with van der Waals surface area (Å²) in [5, 5.41) is 2.73. The molecule has 0 unspecified atom stereocenters. The highest BCUT2D eigenvalue weighted by atomic mass is 32.2. The fourth-order valence-corrected chi connectivity index (χ4v) is 3.09. The van der Waals surface area contributed by atoms with Crippen molar-refractivity contribution < 1.29 is 18.5 Å². The molecule has 6 heteroatoms. The minimum atomic E-state index is -1.33. The molecule has 0 saturated heterocycles. The number of rotatable bonds is 6. The maximum Gasteiger partial charge on any atom is 0.340 e. The predicted molar refractivity (Wildman–Crippen MR) is 103 cm³/mol. The van der Waals surface area contributed by atoms with Gasteiger partial charge in [0, 0.05) is 11.9 Å². The molecule has 2 rings (SSSR count). The third kappa shape index (κ3) is 5.02. The molecule has 2 atom stereocenters. The summed E-state index contributed by atoms with van der Waals surface area (Å²) in [4.78, 5) is 25.0. The molecule has 0 aromatic heterocycles. The molecule has 0 saturated carbocycles. The lowest BCUT2D eigenvalue weighted by molar-refractivity contribution is -0.123. The van der Waals surface area contributed by atoms with Gasteiger partial charge in [0.2, 0.25) is 0 Å². The summed E-state index contributed by atoms with van der Waals surface area (Å²) >= 11 is 0. The molecule has 0 aliphatic rings. The smallest absolute Gasteiger partial charge is 0.340 e. The Kier molecular flexibility index (Phi) is 6.69. The van der Waals surface area contributed by atoms with Gasteiger partial charge in [-0.25, -0.2) is 4.79 Å². The van der Waals surface area contributed by atoms with Gasteiger partial charge in [0.05, 0.1) is 21.3 Å². The number of esters is 1. The molecule has 0 aliphatic heterocycles. The maximum absolute atomic E-state index is 12.3. The van der Waals surface area contributed by atoms with Crippen molar-refractivity contribution in [3.63, 3.8) is 0 Å². The highest BCUT2D eigenvalue weighted by Gasteiger charge is 2.21. The van der Waals surface area contributed by atoms with Crippen LogP contribution in [0.15, 0.2) is 53.4 Å². The normalized spacial score (nSPS) is 13.1. The number of anilines is 1. The van der Waals surface area contributed by atoms with E-state index in [0.29, 0.717) is 16.5 Å². The Balaban J connectivity index is 2.02. The van der Waals surface area contributed by atoms with E-state index in [0.717, 1.165) is 0 Å². The maximum atomic E-state index is 12.3. The number of carbonyl (C=O) groups excluding carboxylic acids is 2. The topological polar surface area (TPSA) is 72.5 Å². The molecule has 0 spiro atoms. The summed E-state index contributed by atoms with van der Waals surface area (Å²) in [6.07, 6.45) is 0.508. The average Bonchev–Trinajstić information content (AvgIpc) is 2.61. The van der Waals surface area contributed by atoms with E-state index >= 15 is 0 Å². The Morgan fingerprint density at radius 1 is 1.00 bits per heavy atom. The third-order valence-electron chi connectivity index (χ3n) is 3.91. The summed E-state index contributed by atoms with van der Waals surface area (Å²) in [6, 6.07) is 14.0. The number of carbonyl (C=O) groups is 2. The lowest BCUT2D eigenvalue weighted by Crippen LogP contribution is -2.30. The second kappa shape index (κ2) is 8.76. The largest absolute Gasteiger partial charge is 0.449 e. The van der Waals surface area contributed by atoms with Crippen molar-refractivity contribution in [2.75, 3.05) is 11.6 Å². The highest BCUT2D eigenvalue weighted by molar-refractivity contribution is 7.84. The second-order valence-electron chi connectivity index (χ2n) is 6.26. The standard InChI is InChI=1S/C20H23NO4S/c1-13(2)15-9-11-16(12-10-15)21-19(22)14(3)25-20(23)17-7-5-6-8-18(17)26(4)24/h5-14H,1-4H3,(H,21,22)/t14-,26+/m1/s1. The van der Waals surface area contributed by atoms with Crippen molar-refractivity contribution in [3.05, 3.63) is 59.7 Å². The van der Waals surface area contributed by atoms with E-state index in [-0.39, 0.29) is 5.56 Å². The van der Waals surface area contributed by atoms with E-state index in [1.165, 1.54) is 24.8 Å². The van der Waals surface area contributed by atoms with Gasteiger partial charge >= 0.3 is 5.97 Å². The first-order valence-electron chi connectivity index (χ1n) is 8.34. The molecular weight excluding hydrogens is 350 g/mol. The van der Waals surface area contributed by atoms with Gasteiger partial charge in [0.25, 0.3) is 5.91 Å². The van der Waals surface area contributed by atoms with E-state index in [1.54, 1.807) is 18.2 Å². The van der Waals surface area contributed by atoms with Crippen LogP contribution in [0.5, 0.6) is 0 Å². The van der Waals surface area contributed by atoms with Crippen molar-refractivity contribution >= 4 is 28.4 Å². The molecule has 0 aliphatic carbocycles. The molecular formula is C20H23NO4S. The van der Waals surface area contributed by atoms with Crippen molar-refractivity contribution in [2.45, 2.75) is 37.7 Å². The highest BCUT2D eigenvalue weighted by Crippen LogP contribution is 2.18. The van der Waals surface area contributed by atoms with Gasteiger partial charge in [-0.1, -0.05) is 38.1 Å². The Hall–Kier alpha value is -2.47. The molecule has 5 nitrogen and oxygen atoms in total. The number of benzene rings is 2.